The molecule has 0 bridgehead atoms. The summed E-state index contributed by atoms with van der Waals surface area (Å²) in [5, 5.41) is 8.22. The van der Waals surface area contributed by atoms with Gasteiger partial charge >= 0.3 is 6.01 Å². The molecule has 0 radical (unpaired) electrons. The molecule has 1 spiro atoms. The molecule has 2 unspecified atom stereocenters. The third kappa shape index (κ3) is 3.02. The molecular formula is C23H26FN7O. The number of nitrogens with one attached hydrogen (secondary N) is 1. The average Bonchev–Trinajstić information content (AvgIpc) is 3.02. The van der Waals surface area contributed by atoms with Crippen molar-refractivity contribution in [1.82, 2.24) is 24.7 Å². The van der Waals surface area contributed by atoms with E-state index in [2.05, 4.69) is 36.3 Å². The standard InChI is InChI=1S/C23H26FN7O/c1-13(2)31-22(32-16-6-4-5-15(24)8-16)28-21(29-31)27-20-17-9-23(17)11-30(10-18(20)23)19-7-14(3)25-12-26-19/h4-8,12-13,17-18,20H,9-11H2,1-3H3,(H,27,29)/t17?,18-,20+,23?/m0/s1. The quantitative estimate of drug-likeness (QED) is 0.630. The minimum Gasteiger partial charge on any atom is -0.424 e. The largest absolute Gasteiger partial charge is 0.424 e. The highest BCUT2D eigenvalue weighted by Crippen LogP contribution is 2.74. The maximum atomic E-state index is 13.6. The fraction of sp³-hybridized carbons (Fsp3) is 0.478. The summed E-state index contributed by atoms with van der Waals surface area (Å²) in [6, 6.07) is 8.88. The molecule has 2 aliphatic carbocycles. The summed E-state index contributed by atoms with van der Waals surface area (Å²) >= 11 is 0. The number of benzene rings is 1. The molecule has 3 aromatic rings. The summed E-state index contributed by atoms with van der Waals surface area (Å²) < 4.78 is 21.2. The van der Waals surface area contributed by atoms with Crippen LogP contribution in [0.25, 0.3) is 0 Å². The molecule has 1 aromatic carbocycles. The Morgan fingerprint density at radius 1 is 1.22 bits per heavy atom. The highest BCUT2D eigenvalue weighted by atomic mass is 19.1. The number of halogens is 1. The van der Waals surface area contributed by atoms with Crippen molar-refractivity contribution in [2.45, 2.75) is 39.3 Å². The Bertz CT molecular complexity index is 1180. The molecule has 8 nitrogen and oxygen atoms in total. The van der Waals surface area contributed by atoms with Crippen molar-refractivity contribution in [3.63, 3.8) is 0 Å². The zero-order valence-electron chi connectivity index (χ0n) is 18.4. The normalized spacial score (nSPS) is 27.7. The molecule has 2 saturated carbocycles. The Hall–Kier alpha value is -3.23. The van der Waals surface area contributed by atoms with Gasteiger partial charge in [-0.2, -0.15) is 4.98 Å². The highest BCUT2D eigenvalue weighted by Gasteiger charge is 2.76. The molecule has 4 atom stereocenters. The van der Waals surface area contributed by atoms with Crippen LogP contribution in [-0.2, 0) is 0 Å². The molecule has 1 N–H and O–H groups in total. The Labute approximate surface area is 185 Å². The number of anilines is 2. The molecule has 3 heterocycles. The SMILES string of the molecule is Cc1cc(N2C[C@H]3[C@H](Nc4nc(Oc5cccc(F)c5)n(C(C)C)n4)C4CC43C2)ncn1. The summed E-state index contributed by atoms with van der Waals surface area (Å²) in [7, 11) is 0. The van der Waals surface area contributed by atoms with Gasteiger partial charge in [-0.1, -0.05) is 6.07 Å². The first-order valence-corrected chi connectivity index (χ1v) is 11.1. The van der Waals surface area contributed by atoms with Gasteiger partial charge in [-0.3, -0.25) is 0 Å². The van der Waals surface area contributed by atoms with Crippen molar-refractivity contribution in [1.29, 1.82) is 0 Å². The molecule has 0 amide bonds. The van der Waals surface area contributed by atoms with E-state index < -0.39 is 0 Å². The van der Waals surface area contributed by atoms with Gasteiger partial charge in [-0.15, -0.1) is 5.10 Å². The Kier molecular flexibility index (Phi) is 4.18. The van der Waals surface area contributed by atoms with Gasteiger partial charge in [0.15, 0.2) is 0 Å². The van der Waals surface area contributed by atoms with E-state index in [9.17, 15) is 4.39 Å². The summed E-state index contributed by atoms with van der Waals surface area (Å²) in [5.41, 5.74) is 1.39. The van der Waals surface area contributed by atoms with E-state index in [-0.39, 0.29) is 11.9 Å². The van der Waals surface area contributed by atoms with Crippen LogP contribution < -0.4 is 15.0 Å². The van der Waals surface area contributed by atoms with Gasteiger partial charge in [-0.25, -0.2) is 19.0 Å². The smallest absolute Gasteiger partial charge is 0.322 e. The Balaban J connectivity index is 1.19. The first kappa shape index (κ1) is 19.5. The summed E-state index contributed by atoms with van der Waals surface area (Å²) in [5.74, 6) is 2.81. The fourth-order valence-electron chi connectivity index (χ4n) is 5.58. The predicted molar refractivity (Wildman–Crippen MR) is 117 cm³/mol. The topological polar surface area (TPSA) is 81.0 Å². The molecule has 9 heteroatoms. The number of nitrogens with zero attached hydrogens (tertiary/aromatic N) is 6. The molecule has 3 aliphatic rings. The Morgan fingerprint density at radius 2 is 2.09 bits per heavy atom. The van der Waals surface area contributed by atoms with Gasteiger partial charge < -0.3 is 15.0 Å². The van der Waals surface area contributed by atoms with Crippen LogP contribution in [-0.4, -0.2) is 43.9 Å². The lowest BCUT2D eigenvalue weighted by atomic mass is 9.71. The second kappa shape index (κ2) is 6.88. The van der Waals surface area contributed by atoms with E-state index in [0.29, 0.717) is 41.0 Å². The van der Waals surface area contributed by atoms with Crippen LogP contribution in [0.5, 0.6) is 11.8 Å². The third-order valence-electron chi connectivity index (χ3n) is 7.19. The second-order valence-corrected chi connectivity index (χ2v) is 9.53. The molecular weight excluding hydrogens is 409 g/mol. The van der Waals surface area contributed by atoms with Crippen molar-refractivity contribution >= 4 is 11.8 Å². The highest BCUT2D eigenvalue weighted by molar-refractivity contribution is 5.48. The van der Waals surface area contributed by atoms with Gasteiger partial charge in [0, 0.05) is 42.9 Å². The minimum atomic E-state index is -0.347. The summed E-state index contributed by atoms with van der Waals surface area (Å²) in [4.78, 5) is 15.7. The predicted octanol–water partition coefficient (Wildman–Crippen LogP) is 3.83. The number of ether oxygens (including phenoxy) is 1. The van der Waals surface area contributed by atoms with Crippen LogP contribution in [0.1, 0.15) is 32.0 Å². The van der Waals surface area contributed by atoms with Crippen LogP contribution in [0.4, 0.5) is 16.2 Å². The third-order valence-corrected chi connectivity index (χ3v) is 7.19. The average molecular weight is 436 g/mol. The molecule has 2 aromatic heterocycles. The first-order valence-electron chi connectivity index (χ1n) is 11.1. The molecule has 166 valence electrons. The zero-order valence-corrected chi connectivity index (χ0v) is 18.4. The van der Waals surface area contributed by atoms with Crippen molar-refractivity contribution < 1.29 is 9.13 Å². The number of aromatic nitrogens is 5. The van der Waals surface area contributed by atoms with E-state index in [1.54, 1.807) is 23.1 Å². The molecule has 32 heavy (non-hydrogen) atoms. The lowest BCUT2D eigenvalue weighted by molar-refractivity contribution is 0.193. The van der Waals surface area contributed by atoms with E-state index in [0.717, 1.165) is 24.6 Å². The Morgan fingerprint density at radius 3 is 2.88 bits per heavy atom. The monoisotopic (exact) mass is 435 g/mol. The molecule has 1 saturated heterocycles. The van der Waals surface area contributed by atoms with E-state index in [1.165, 1.54) is 18.6 Å². The van der Waals surface area contributed by atoms with E-state index in [4.69, 9.17) is 4.74 Å². The van der Waals surface area contributed by atoms with Gasteiger partial charge in [0.25, 0.3) is 0 Å². The number of rotatable bonds is 6. The van der Waals surface area contributed by atoms with Gasteiger partial charge in [0.2, 0.25) is 5.95 Å². The van der Waals surface area contributed by atoms with Crippen LogP contribution >= 0.6 is 0 Å². The van der Waals surface area contributed by atoms with E-state index in [1.807, 2.05) is 20.8 Å². The second-order valence-electron chi connectivity index (χ2n) is 9.53. The van der Waals surface area contributed by atoms with Gasteiger partial charge in [0.05, 0.1) is 6.04 Å². The maximum Gasteiger partial charge on any atom is 0.322 e. The zero-order chi connectivity index (χ0) is 22.0. The number of aryl methyl sites for hydroxylation is 1. The van der Waals surface area contributed by atoms with Crippen LogP contribution in [0, 0.1) is 30.0 Å². The van der Waals surface area contributed by atoms with Crippen LogP contribution in [0.2, 0.25) is 0 Å². The lowest BCUT2D eigenvalue weighted by Gasteiger charge is -2.38. The van der Waals surface area contributed by atoms with Crippen molar-refractivity contribution in [3.8, 4) is 11.8 Å². The van der Waals surface area contributed by atoms with Crippen LogP contribution in [0.15, 0.2) is 36.7 Å². The van der Waals surface area contributed by atoms with Gasteiger partial charge in [-0.05, 0) is 50.7 Å². The first-order chi connectivity index (χ1) is 15.4. The maximum absolute atomic E-state index is 13.6. The molecule has 1 aliphatic heterocycles. The van der Waals surface area contributed by atoms with Crippen molar-refractivity contribution in [2.75, 3.05) is 23.3 Å². The number of hydrogen-bond acceptors (Lipinski definition) is 7. The summed E-state index contributed by atoms with van der Waals surface area (Å²) in [6.45, 7) is 8.06. The number of hydrogen-bond donors (Lipinski definition) is 1. The van der Waals surface area contributed by atoms with Crippen molar-refractivity contribution in [3.05, 3.63) is 48.2 Å². The fourth-order valence-corrected chi connectivity index (χ4v) is 5.58. The molecule has 3 fully saturated rings. The van der Waals surface area contributed by atoms with Gasteiger partial charge in [0.1, 0.15) is 23.7 Å². The minimum absolute atomic E-state index is 0.0611. The molecule has 6 rings (SSSR count). The van der Waals surface area contributed by atoms with Crippen LogP contribution in [0.3, 0.4) is 0 Å². The lowest BCUT2D eigenvalue weighted by Crippen LogP contribution is -2.47. The summed E-state index contributed by atoms with van der Waals surface area (Å²) in [6.07, 6.45) is 2.87. The van der Waals surface area contributed by atoms with E-state index >= 15 is 0 Å². The van der Waals surface area contributed by atoms with Crippen molar-refractivity contribution in [2.24, 2.45) is 17.3 Å².